The number of thioether (sulfide) groups is 1. The molecular weight excluding hydrogens is 338 g/mol. The van der Waals surface area contributed by atoms with Gasteiger partial charge in [-0.3, -0.25) is 14.2 Å². The molecule has 1 aliphatic rings. The zero-order chi connectivity index (χ0) is 17.2. The lowest BCUT2D eigenvalue weighted by Gasteiger charge is -2.25. The van der Waals surface area contributed by atoms with Crippen LogP contribution in [0.15, 0.2) is 51.9 Å². The fraction of sp³-hybridized carbons (Fsp3) is 0.278. The molecule has 1 aromatic carbocycles. The van der Waals surface area contributed by atoms with Crippen LogP contribution in [-0.4, -0.2) is 45.0 Å². The largest absolute Gasteiger partial charge is 0.454 e. The molecule has 2 aromatic heterocycles. The number of carbonyl (C=O) groups excluding carboxylic acids is 1. The van der Waals surface area contributed by atoms with Gasteiger partial charge < -0.3 is 9.32 Å². The van der Waals surface area contributed by atoms with Gasteiger partial charge >= 0.3 is 0 Å². The molecule has 0 unspecified atom stereocenters. The summed E-state index contributed by atoms with van der Waals surface area (Å²) in [5, 5.41) is 0.568. The molecule has 1 aliphatic heterocycles. The Kier molecular flexibility index (Phi) is 4.31. The van der Waals surface area contributed by atoms with Gasteiger partial charge in [0.2, 0.25) is 0 Å². The Hall–Kier alpha value is -2.54. The maximum atomic E-state index is 12.5. The minimum atomic E-state index is -0.122. The van der Waals surface area contributed by atoms with Crippen molar-refractivity contribution in [3.8, 4) is 0 Å². The standard InChI is InChI=1S/C18H17N3O3S/c22-17-14-3-1-2-4-15(14)19-12-21(17)11-13-5-6-16(24-13)18(23)20-7-9-25-10-8-20/h1-6,12H,7-11H2. The van der Waals surface area contributed by atoms with Crippen molar-refractivity contribution >= 4 is 28.6 Å². The molecule has 1 fully saturated rings. The van der Waals surface area contributed by atoms with E-state index in [0.29, 0.717) is 22.4 Å². The molecule has 3 heterocycles. The summed E-state index contributed by atoms with van der Waals surface area (Å²) in [6.07, 6.45) is 1.51. The van der Waals surface area contributed by atoms with E-state index < -0.39 is 0 Å². The number of amides is 1. The summed E-state index contributed by atoms with van der Waals surface area (Å²) in [5.41, 5.74) is 0.546. The fourth-order valence-electron chi connectivity index (χ4n) is 2.89. The van der Waals surface area contributed by atoms with Gasteiger partial charge in [0.1, 0.15) is 5.76 Å². The summed E-state index contributed by atoms with van der Waals surface area (Å²) in [6, 6.07) is 10.7. The first-order valence-electron chi connectivity index (χ1n) is 8.12. The SMILES string of the molecule is O=C(c1ccc(Cn2cnc3ccccc3c2=O)o1)N1CCSCC1. The third-order valence-corrected chi connectivity index (χ3v) is 5.17. The first kappa shape index (κ1) is 16.0. The Balaban J connectivity index is 1.56. The molecule has 0 spiro atoms. The van der Waals surface area contributed by atoms with Crippen LogP contribution < -0.4 is 5.56 Å². The minimum absolute atomic E-state index is 0.0875. The molecule has 0 aliphatic carbocycles. The predicted octanol–water partition coefficient (Wildman–Crippen LogP) is 2.23. The van der Waals surface area contributed by atoms with Crippen LogP contribution in [0.2, 0.25) is 0 Å². The van der Waals surface area contributed by atoms with Crippen LogP contribution in [0.5, 0.6) is 0 Å². The van der Waals surface area contributed by atoms with E-state index in [1.165, 1.54) is 10.9 Å². The Morgan fingerprint density at radius 1 is 1.16 bits per heavy atom. The maximum Gasteiger partial charge on any atom is 0.289 e. The van der Waals surface area contributed by atoms with E-state index in [-0.39, 0.29) is 18.0 Å². The summed E-state index contributed by atoms with van der Waals surface area (Å²) < 4.78 is 7.18. The van der Waals surface area contributed by atoms with E-state index in [9.17, 15) is 9.59 Å². The van der Waals surface area contributed by atoms with Gasteiger partial charge in [-0.05, 0) is 24.3 Å². The van der Waals surface area contributed by atoms with Gasteiger partial charge in [0, 0.05) is 24.6 Å². The second kappa shape index (κ2) is 6.76. The monoisotopic (exact) mass is 355 g/mol. The first-order valence-corrected chi connectivity index (χ1v) is 9.28. The second-order valence-electron chi connectivity index (χ2n) is 5.87. The van der Waals surface area contributed by atoms with Crippen molar-refractivity contribution in [2.24, 2.45) is 0 Å². The third-order valence-electron chi connectivity index (χ3n) is 4.23. The van der Waals surface area contributed by atoms with Crippen molar-refractivity contribution in [2.45, 2.75) is 6.54 Å². The Bertz CT molecular complexity index is 973. The highest BCUT2D eigenvalue weighted by Crippen LogP contribution is 2.16. The quantitative estimate of drug-likeness (QED) is 0.721. The van der Waals surface area contributed by atoms with Gasteiger partial charge in [-0.25, -0.2) is 4.98 Å². The lowest BCUT2D eigenvalue weighted by Crippen LogP contribution is -2.37. The number of furan rings is 1. The van der Waals surface area contributed by atoms with E-state index >= 15 is 0 Å². The summed E-state index contributed by atoms with van der Waals surface area (Å²) >= 11 is 1.85. The number of rotatable bonds is 3. The Labute approximate surface area is 148 Å². The van der Waals surface area contributed by atoms with Crippen LogP contribution in [0.1, 0.15) is 16.3 Å². The molecule has 0 N–H and O–H groups in total. The van der Waals surface area contributed by atoms with Crippen molar-refractivity contribution < 1.29 is 9.21 Å². The average molecular weight is 355 g/mol. The van der Waals surface area contributed by atoms with Gasteiger partial charge in [0.05, 0.1) is 23.8 Å². The number of para-hydroxylation sites is 1. The molecule has 3 aromatic rings. The highest BCUT2D eigenvalue weighted by atomic mass is 32.2. The van der Waals surface area contributed by atoms with Gasteiger partial charge in [0.15, 0.2) is 5.76 Å². The van der Waals surface area contributed by atoms with Gasteiger partial charge in [0.25, 0.3) is 11.5 Å². The van der Waals surface area contributed by atoms with Crippen LogP contribution >= 0.6 is 11.8 Å². The molecule has 1 saturated heterocycles. The fourth-order valence-corrected chi connectivity index (χ4v) is 3.79. The summed E-state index contributed by atoms with van der Waals surface area (Å²) in [4.78, 5) is 31.1. The van der Waals surface area contributed by atoms with E-state index in [2.05, 4.69) is 4.98 Å². The van der Waals surface area contributed by atoms with E-state index in [1.807, 2.05) is 34.9 Å². The van der Waals surface area contributed by atoms with Crippen molar-refractivity contribution in [1.82, 2.24) is 14.5 Å². The van der Waals surface area contributed by atoms with E-state index in [0.717, 1.165) is 24.6 Å². The first-order chi connectivity index (χ1) is 12.2. The van der Waals surface area contributed by atoms with Crippen molar-refractivity contribution in [3.05, 3.63) is 64.6 Å². The highest BCUT2D eigenvalue weighted by molar-refractivity contribution is 7.99. The summed E-state index contributed by atoms with van der Waals surface area (Å²) in [6.45, 7) is 1.74. The predicted molar refractivity (Wildman–Crippen MR) is 97.0 cm³/mol. The third kappa shape index (κ3) is 3.19. The topological polar surface area (TPSA) is 68.3 Å². The van der Waals surface area contributed by atoms with Crippen molar-refractivity contribution in [2.75, 3.05) is 24.6 Å². The number of hydrogen-bond donors (Lipinski definition) is 0. The number of nitrogens with zero attached hydrogens (tertiary/aromatic N) is 3. The van der Waals surface area contributed by atoms with Crippen molar-refractivity contribution in [3.63, 3.8) is 0 Å². The smallest absolute Gasteiger partial charge is 0.289 e. The lowest BCUT2D eigenvalue weighted by molar-refractivity contribution is 0.0738. The van der Waals surface area contributed by atoms with Gasteiger partial charge in [-0.1, -0.05) is 12.1 Å². The zero-order valence-electron chi connectivity index (χ0n) is 13.6. The molecular formula is C18H17N3O3S. The Morgan fingerprint density at radius 2 is 1.96 bits per heavy atom. The maximum absolute atomic E-state index is 12.5. The molecule has 0 atom stereocenters. The zero-order valence-corrected chi connectivity index (χ0v) is 14.4. The highest BCUT2D eigenvalue weighted by Gasteiger charge is 2.21. The van der Waals surface area contributed by atoms with Crippen LogP contribution in [0.4, 0.5) is 0 Å². The number of benzene rings is 1. The molecule has 128 valence electrons. The van der Waals surface area contributed by atoms with Crippen LogP contribution in [-0.2, 0) is 6.54 Å². The average Bonchev–Trinajstić information content (AvgIpc) is 3.13. The molecule has 0 bridgehead atoms. The molecule has 4 rings (SSSR count). The van der Waals surface area contributed by atoms with Crippen LogP contribution in [0.3, 0.4) is 0 Å². The molecule has 25 heavy (non-hydrogen) atoms. The van der Waals surface area contributed by atoms with Gasteiger partial charge in [-0.2, -0.15) is 11.8 Å². The normalized spacial score (nSPS) is 14.8. The van der Waals surface area contributed by atoms with Crippen molar-refractivity contribution in [1.29, 1.82) is 0 Å². The van der Waals surface area contributed by atoms with Crippen LogP contribution in [0.25, 0.3) is 10.9 Å². The minimum Gasteiger partial charge on any atom is -0.454 e. The lowest BCUT2D eigenvalue weighted by atomic mass is 10.2. The Morgan fingerprint density at radius 3 is 2.80 bits per heavy atom. The second-order valence-corrected chi connectivity index (χ2v) is 7.09. The molecule has 6 nitrogen and oxygen atoms in total. The molecule has 1 amide bonds. The molecule has 0 saturated carbocycles. The summed E-state index contributed by atoms with van der Waals surface area (Å²) in [5.74, 6) is 2.71. The van der Waals surface area contributed by atoms with E-state index in [4.69, 9.17) is 4.42 Å². The number of aromatic nitrogens is 2. The number of carbonyl (C=O) groups is 1. The van der Waals surface area contributed by atoms with E-state index in [1.54, 1.807) is 18.2 Å². The number of fused-ring (bicyclic) bond motifs is 1. The number of hydrogen-bond acceptors (Lipinski definition) is 5. The summed E-state index contributed by atoms with van der Waals surface area (Å²) in [7, 11) is 0. The van der Waals surface area contributed by atoms with Crippen LogP contribution in [0, 0.1) is 0 Å². The molecule has 7 heteroatoms. The molecule has 0 radical (unpaired) electrons. The van der Waals surface area contributed by atoms with Gasteiger partial charge in [-0.15, -0.1) is 0 Å².